The molecule has 17 heavy (non-hydrogen) atoms. The van der Waals surface area contributed by atoms with Crippen molar-refractivity contribution in [1.82, 2.24) is 14.6 Å². The normalized spacial score (nSPS) is 11.9. The molecule has 2 aromatic rings. The largest absolute Gasteiger partial charge is 0.481 e. The number of carboxylic acids is 1. The summed E-state index contributed by atoms with van der Waals surface area (Å²) in [6.45, 7) is 6.24. The number of hydrogen-bond acceptors (Lipinski definition) is 3. The fraction of sp³-hybridized carbons (Fsp3) is 0.417. The van der Waals surface area contributed by atoms with Crippen molar-refractivity contribution >= 4 is 11.5 Å². The summed E-state index contributed by atoms with van der Waals surface area (Å²) < 4.78 is 1.64. The van der Waals surface area contributed by atoms with E-state index in [0.29, 0.717) is 5.69 Å². The predicted molar refractivity (Wildman–Crippen MR) is 63.0 cm³/mol. The first-order valence-corrected chi connectivity index (χ1v) is 5.43. The van der Waals surface area contributed by atoms with Crippen LogP contribution < -0.4 is 0 Å². The van der Waals surface area contributed by atoms with E-state index in [9.17, 15) is 4.79 Å². The van der Waals surface area contributed by atoms with Gasteiger partial charge >= 0.3 is 5.97 Å². The number of aromatic nitrogens is 3. The summed E-state index contributed by atoms with van der Waals surface area (Å²) in [5, 5.41) is 13.2. The van der Waals surface area contributed by atoms with Gasteiger partial charge in [-0.05, 0) is 12.1 Å². The van der Waals surface area contributed by atoms with Crippen LogP contribution in [0.3, 0.4) is 0 Å². The molecule has 0 radical (unpaired) electrons. The van der Waals surface area contributed by atoms with E-state index >= 15 is 0 Å². The Kier molecular flexibility index (Phi) is 2.61. The molecule has 5 nitrogen and oxygen atoms in total. The van der Waals surface area contributed by atoms with Crippen molar-refractivity contribution < 1.29 is 9.90 Å². The molecule has 0 fully saturated rings. The summed E-state index contributed by atoms with van der Waals surface area (Å²) in [7, 11) is 0. The summed E-state index contributed by atoms with van der Waals surface area (Å²) >= 11 is 0. The zero-order chi connectivity index (χ0) is 12.6. The van der Waals surface area contributed by atoms with Gasteiger partial charge in [0.1, 0.15) is 6.33 Å². The third-order valence-electron chi connectivity index (χ3n) is 2.57. The van der Waals surface area contributed by atoms with Gasteiger partial charge in [-0.2, -0.15) is 5.10 Å². The molecule has 2 rings (SSSR count). The third kappa shape index (κ3) is 2.27. The number of imidazole rings is 1. The molecule has 5 heteroatoms. The average Bonchev–Trinajstić information content (AvgIpc) is 2.59. The van der Waals surface area contributed by atoms with Crippen molar-refractivity contribution in [3.8, 4) is 0 Å². The highest BCUT2D eigenvalue weighted by atomic mass is 16.4. The van der Waals surface area contributed by atoms with Crippen LogP contribution in [0.4, 0.5) is 0 Å². The highest BCUT2D eigenvalue weighted by Gasteiger charge is 2.17. The maximum atomic E-state index is 10.7. The van der Waals surface area contributed by atoms with E-state index in [1.54, 1.807) is 10.8 Å². The van der Waals surface area contributed by atoms with E-state index in [0.717, 1.165) is 11.2 Å². The van der Waals surface area contributed by atoms with Crippen LogP contribution in [-0.2, 0) is 16.6 Å². The average molecular weight is 233 g/mol. The summed E-state index contributed by atoms with van der Waals surface area (Å²) in [5.74, 6) is -0.884. The van der Waals surface area contributed by atoms with Crippen molar-refractivity contribution in [2.24, 2.45) is 0 Å². The Hall–Kier alpha value is -1.91. The molecule has 0 aliphatic rings. The summed E-state index contributed by atoms with van der Waals surface area (Å²) in [6.07, 6.45) is 1.48. The van der Waals surface area contributed by atoms with E-state index < -0.39 is 5.97 Å². The number of nitrogens with zero attached hydrogens (tertiary/aromatic N) is 3. The highest BCUT2D eigenvalue weighted by Crippen LogP contribution is 2.20. The van der Waals surface area contributed by atoms with Crippen molar-refractivity contribution in [3.05, 3.63) is 29.8 Å². The van der Waals surface area contributed by atoms with E-state index in [2.05, 4.69) is 30.9 Å². The summed E-state index contributed by atoms with van der Waals surface area (Å²) in [4.78, 5) is 14.7. The van der Waals surface area contributed by atoms with Gasteiger partial charge in [0.2, 0.25) is 0 Å². The molecule has 90 valence electrons. The standard InChI is InChI=1S/C12H15N3O2/c1-12(2,3)10-5-4-9-8(6-11(16)17)13-7-15(9)14-10/h4-5,7H,6H2,1-3H3,(H,16,17). The molecule has 0 aromatic carbocycles. The van der Waals surface area contributed by atoms with E-state index in [4.69, 9.17) is 5.11 Å². The Balaban J connectivity index is 2.48. The van der Waals surface area contributed by atoms with Gasteiger partial charge in [0, 0.05) is 5.41 Å². The second-order valence-corrected chi connectivity index (χ2v) is 5.06. The Morgan fingerprint density at radius 1 is 1.41 bits per heavy atom. The Bertz CT molecular complexity index is 567. The minimum Gasteiger partial charge on any atom is -0.481 e. The van der Waals surface area contributed by atoms with Crippen LogP contribution in [0.15, 0.2) is 18.5 Å². The zero-order valence-corrected chi connectivity index (χ0v) is 10.1. The number of carboxylic acid groups (broad SMARTS) is 1. The van der Waals surface area contributed by atoms with Gasteiger partial charge in [0.25, 0.3) is 0 Å². The van der Waals surface area contributed by atoms with Crippen molar-refractivity contribution in [2.45, 2.75) is 32.6 Å². The molecule has 0 unspecified atom stereocenters. The molecule has 1 N–H and O–H groups in total. The van der Waals surface area contributed by atoms with E-state index in [1.807, 2.05) is 12.1 Å². The Morgan fingerprint density at radius 3 is 2.71 bits per heavy atom. The van der Waals surface area contributed by atoms with E-state index in [-0.39, 0.29) is 11.8 Å². The lowest BCUT2D eigenvalue weighted by Crippen LogP contribution is -2.15. The van der Waals surface area contributed by atoms with Gasteiger partial charge in [-0.3, -0.25) is 4.79 Å². The lowest BCUT2D eigenvalue weighted by Gasteiger charge is -2.17. The van der Waals surface area contributed by atoms with Crippen LogP contribution >= 0.6 is 0 Å². The number of hydrogen-bond donors (Lipinski definition) is 1. The molecule has 0 aliphatic heterocycles. The molecule has 0 aliphatic carbocycles. The smallest absolute Gasteiger partial charge is 0.309 e. The van der Waals surface area contributed by atoms with Crippen LogP contribution in [-0.4, -0.2) is 25.7 Å². The van der Waals surface area contributed by atoms with Crippen LogP contribution in [0.25, 0.3) is 5.52 Å². The Labute approximate surface area is 99.1 Å². The molecule has 0 bridgehead atoms. The minimum atomic E-state index is -0.884. The van der Waals surface area contributed by atoms with Gasteiger partial charge in [0.15, 0.2) is 0 Å². The molecular formula is C12H15N3O2. The number of carbonyl (C=O) groups is 1. The van der Waals surface area contributed by atoms with Crippen molar-refractivity contribution in [3.63, 3.8) is 0 Å². The second kappa shape index (κ2) is 3.84. The monoisotopic (exact) mass is 233 g/mol. The first kappa shape index (κ1) is 11.6. The molecule has 2 aromatic heterocycles. The molecule has 0 saturated carbocycles. The maximum absolute atomic E-state index is 10.7. The number of rotatable bonds is 2. The van der Waals surface area contributed by atoms with Crippen LogP contribution in [0.5, 0.6) is 0 Å². The van der Waals surface area contributed by atoms with E-state index in [1.165, 1.54) is 0 Å². The minimum absolute atomic E-state index is 0.0363. The summed E-state index contributed by atoms with van der Waals surface area (Å²) in [6, 6.07) is 3.79. The highest BCUT2D eigenvalue weighted by molar-refractivity contribution is 5.73. The SMILES string of the molecule is CC(C)(C)c1ccc2c(CC(=O)O)ncn2n1. The fourth-order valence-corrected chi connectivity index (χ4v) is 1.62. The van der Waals surface area contributed by atoms with Gasteiger partial charge < -0.3 is 5.11 Å². The van der Waals surface area contributed by atoms with Crippen LogP contribution in [0.1, 0.15) is 32.2 Å². The predicted octanol–water partition coefficient (Wildman–Crippen LogP) is 1.65. The molecule has 0 atom stereocenters. The van der Waals surface area contributed by atoms with Crippen molar-refractivity contribution in [1.29, 1.82) is 0 Å². The first-order valence-electron chi connectivity index (χ1n) is 5.43. The zero-order valence-electron chi connectivity index (χ0n) is 10.1. The van der Waals surface area contributed by atoms with Crippen LogP contribution in [0, 0.1) is 0 Å². The van der Waals surface area contributed by atoms with Gasteiger partial charge in [-0.25, -0.2) is 9.50 Å². The number of fused-ring (bicyclic) bond motifs is 1. The molecule has 0 saturated heterocycles. The lowest BCUT2D eigenvalue weighted by atomic mass is 9.92. The maximum Gasteiger partial charge on any atom is 0.309 e. The van der Waals surface area contributed by atoms with Gasteiger partial charge in [-0.15, -0.1) is 0 Å². The first-order chi connectivity index (χ1) is 7.88. The Morgan fingerprint density at radius 2 is 2.12 bits per heavy atom. The fourth-order valence-electron chi connectivity index (χ4n) is 1.62. The van der Waals surface area contributed by atoms with Gasteiger partial charge in [-0.1, -0.05) is 20.8 Å². The molecule has 2 heterocycles. The second-order valence-electron chi connectivity index (χ2n) is 5.06. The third-order valence-corrected chi connectivity index (χ3v) is 2.57. The van der Waals surface area contributed by atoms with Crippen molar-refractivity contribution in [2.75, 3.05) is 0 Å². The van der Waals surface area contributed by atoms with Gasteiger partial charge in [0.05, 0.1) is 23.3 Å². The number of aliphatic carboxylic acids is 1. The molecular weight excluding hydrogens is 218 g/mol. The summed E-state index contributed by atoms with van der Waals surface area (Å²) in [5.41, 5.74) is 2.21. The van der Waals surface area contributed by atoms with Crippen LogP contribution in [0.2, 0.25) is 0 Å². The molecule has 0 spiro atoms. The quantitative estimate of drug-likeness (QED) is 0.856. The topological polar surface area (TPSA) is 67.5 Å². The molecule has 0 amide bonds. The lowest BCUT2D eigenvalue weighted by molar-refractivity contribution is -0.136.